The molecule has 0 N–H and O–H groups in total. The Balaban J connectivity index is 4.84. The van der Waals surface area contributed by atoms with Crippen molar-refractivity contribution in [3.8, 4) is 0 Å². The van der Waals surface area contributed by atoms with Crippen LogP contribution < -0.4 is 0 Å². The summed E-state index contributed by atoms with van der Waals surface area (Å²) in [7, 11) is -2.82. The monoisotopic (exact) mass is 202 g/mol. The molecule has 0 atom stereocenters. The van der Waals surface area contributed by atoms with E-state index in [1.54, 1.807) is 6.55 Å². The number of hydrogen-bond acceptors (Lipinski definition) is 3. The van der Waals surface area contributed by atoms with Crippen molar-refractivity contribution in [1.82, 2.24) is 0 Å². The van der Waals surface area contributed by atoms with Crippen molar-refractivity contribution in [2.45, 2.75) is 46.8 Å². The molecular weight excluding hydrogens is 184 g/mol. The van der Waals surface area contributed by atoms with Crippen LogP contribution in [0.5, 0.6) is 0 Å². The zero-order valence-corrected chi connectivity index (χ0v) is 10.2. The van der Waals surface area contributed by atoms with Crippen molar-refractivity contribution in [1.29, 1.82) is 0 Å². The van der Waals surface area contributed by atoms with Crippen molar-refractivity contribution in [3.63, 3.8) is 0 Å². The standard InChI is InChI=1S/C9H18O3Si/c1-7(10)13(6,8(2)11)12-9(3,4)5/h1-6H3. The molecule has 0 spiro atoms. The van der Waals surface area contributed by atoms with E-state index in [0.29, 0.717) is 0 Å². The smallest absolute Gasteiger partial charge is 0.331 e. The van der Waals surface area contributed by atoms with Crippen LogP contribution in [0.1, 0.15) is 34.6 Å². The van der Waals surface area contributed by atoms with Crippen LogP contribution in [0.25, 0.3) is 0 Å². The molecule has 4 heteroatoms. The first-order chi connectivity index (χ1) is 5.59. The van der Waals surface area contributed by atoms with E-state index in [0.717, 1.165) is 0 Å². The Kier molecular flexibility index (Phi) is 3.58. The maximum absolute atomic E-state index is 11.3. The minimum atomic E-state index is -2.82. The lowest BCUT2D eigenvalue weighted by atomic mass is 10.2. The van der Waals surface area contributed by atoms with Gasteiger partial charge in [-0.15, -0.1) is 0 Å². The fourth-order valence-electron chi connectivity index (χ4n) is 1.00. The van der Waals surface area contributed by atoms with Crippen LogP contribution in [-0.2, 0) is 14.0 Å². The average Bonchev–Trinajstić information content (AvgIpc) is 1.82. The third-order valence-electron chi connectivity index (χ3n) is 1.85. The van der Waals surface area contributed by atoms with E-state index in [2.05, 4.69) is 0 Å². The number of carbonyl (C=O) groups is 2. The molecule has 0 aliphatic carbocycles. The highest BCUT2D eigenvalue weighted by Gasteiger charge is 2.44. The van der Waals surface area contributed by atoms with Gasteiger partial charge in [0.1, 0.15) is 10.8 Å². The Bertz CT molecular complexity index is 214. The summed E-state index contributed by atoms with van der Waals surface area (Å²) >= 11 is 0. The molecule has 0 aliphatic heterocycles. The van der Waals surface area contributed by atoms with Gasteiger partial charge in [0.2, 0.25) is 0 Å². The van der Waals surface area contributed by atoms with Crippen LogP contribution in [0.3, 0.4) is 0 Å². The molecule has 3 nitrogen and oxygen atoms in total. The van der Waals surface area contributed by atoms with Gasteiger partial charge in [0.05, 0.1) is 0 Å². The van der Waals surface area contributed by atoms with Gasteiger partial charge in [-0.1, -0.05) is 0 Å². The topological polar surface area (TPSA) is 43.4 Å². The molecule has 0 aromatic rings. The first kappa shape index (κ1) is 12.5. The number of carbonyl (C=O) groups excluding carboxylic acids is 2. The molecule has 76 valence electrons. The molecule has 0 radical (unpaired) electrons. The van der Waals surface area contributed by atoms with E-state index < -0.39 is 13.9 Å². The molecule has 13 heavy (non-hydrogen) atoms. The Morgan fingerprint density at radius 2 is 1.38 bits per heavy atom. The summed E-state index contributed by atoms with van der Waals surface area (Å²) in [6.07, 6.45) is 0. The quantitative estimate of drug-likeness (QED) is 0.653. The Morgan fingerprint density at radius 1 is 1.08 bits per heavy atom. The molecule has 0 heterocycles. The van der Waals surface area contributed by atoms with E-state index in [9.17, 15) is 9.59 Å². The second-order valence-electron chi connectivity index (χ2n) is 4.36. The van der Waals surface area contributed by atoms with Gasteiger partial charge in [-0.05, 0) is 41.2 Å². The summed E-state index contributed by atoms with van der Waals surface area (Å²) in [5.41, 5.74) is -0.432. The largest absolute Gasteiger partial charge is 0.399 e. The van der Waals surface area contributed by atoms with E-state index in [1.807, 2.05) is 20.8 Å². The zero-order valence-electron chi connectivity index (χ0n) is 9.22. The third kappa shape index (κ3) is 3.40. The second-order valence-corrected chi connectivity index (χ2v) is 8.04. The van der Waals surface area contributed by atoms with Crippen molar-refractivity contribution in [3.05, 3.63) is 0 Å². The number of rotatable bonds is 3. The lowest BCUT2D eigenvalue weighted by molar-refractivity contribution is -0.117. The summed E-state index contributed by atoms with van der Waals surface area (Å²) in [6.45, 7) is 10.1. The number of hydrogen-bond donors (Lipinski definition) is 0. The van der Waals surface area contributed by atoms with E-state index in [1.165, 1.54) is 13.8 Å². The summed E-state index contributed by atoms with van der Waals surface area (Å²) in [5, 5.41) is -0.232. The van der Waals surface area contributed by atoms with E-state index in [4.69, 9.17) is 4.43 Å². The fraction of sp³-hybridized carbons (Fsp3) is 0.778. The van der Waals surface area contributed by atoms with Crippen LogP contribution in [0.15, 0.2) is 0 Å². The van der Waals surface area contributed by atoms with Gasteiger partial charge in [-0.25, -0.2) is 0 Å². The van der Waals surface area contributed by atoms with E-state index in [-0.39, 0.29) is 10.8 Å². The highest BCUT2D eigenvalue weighted by atomic mass is 28.4. The van der Waals surface area contributed by atoms with Crippen LogP contribution in [0.4, 0.5) is 0 Å². The minimum Gasteiger partial charge on any atom is -0.399 e. The molecule has 0 aromatic carbocycles. The summed E-state index contributed by atoms with van der Waals surface area (Å²) in [5.74, 6) is 0. The predicted octanol–water partition coefficient (Wildman–Crippen LogP) is 1.63. The van der Waals surface area contributed by atoms with Crippen molar-refractivity contribution >= 4 is 19.1 Å². The minimum absolute atomic E-state index is 0.116. The summed E-state index contributed by atoms with van der Waals surface area (Å²) < 4.78 is 5.59. The SMILES string of the molecule is CC(=O)[Si](C)(OC(C)(C)C)C(C)=O. The van der Waals surface area contributed by atoms with Gasteiger partial charge in [-0.2, -0.15) is 0 Å². The molecule has 0 bridgehead atoms. The van der Waals surface area contributed by atoms with Gasteiger partial charge in [0.15, 0.2) is 0 Å². The van der Waals surface area contributed by atoms with Gasteiger partial charge in [-0.3, -0.25) is 0 Å². The highest BCUT2D eigenvalue weighted by Crippen LogP contribution is 2.18. The molecular formula is C9H18O3Si. The zero-order chi connectivity index (χ0) is 10.9. The molecule has 0 rings (SSSR count). The average molecular weight is 202 g/mol. The van der Waals surface area contributed by atoms with Crippen LogP contribution in [-0.4, -0.2) is 24.7 Å². The first-order valence-electron chi connectivity index (χ1n) is 4.32. The predicted molar refractivity (Wildman–Crippen MR) is 53.8 cm³/mol. The van der Waals surface area contributed by atoms with Crippen molar-refractivity contribution in [2.75, 3.05) is 0 Å². The van der Waals surface area contributed by atoms with Crippen molar-refractivity contribution in [2.24, 2.45) is 0 Å². The maximum atomic E-state index is 11.3. The molecule has 0 saturated heterocycles. The van der Waals surface area contributed by atoms with Crippen molar-refractivity contribution < 1.29 is 14.0 Å². The normalized spacial score (nSPS) is 12.8. The Labute approximate surface area is 80.6 Å². The molecule has 0 unspecified atom stereocenters. The van der Waals surface area contributed by atoms with Gasteiger partial charge in [0.25, 0.3) is 0 Å². The third-order valence-corrected chi connectivity index (χ3v) is 5.56. The van der Waals surface area contributed by atoms with Gasteiger partial charge in [0, 0.05) is 5.60 Å². The fourth-order valence-corrected chi connectivity index (χ4v) is 3.01. The summed E-state index contributed by atoms with van der Waals surface area (Å²) in [4.78, 5) is 22.6. The first-order valence-corrected chi connectivity index (χ1v) is 6.72. The highest BCUT2D eigenvalue weighted by molar-refractivity contribution is 7.20. The Morgan fingerprint density at radius 3 is 1.46 bits per heavy atom. The van der Waals surface area contributed by atoms with Crippen LogP contribution in [0.2, 0.25) is 6.55 Å². The Hall–Kier alpha value is -0.483. The molecule has 0 saturated carbocycles. The van der Waals surface area contributed by atoms with Crippen LogP contribution >= 0.6 is 0 Å². The lowest BCUT2D eigenvalue weighted by Crippen LogP contribution is -2.54. The van der Waals surface area contributed by atoms with Crippen LogP contribution in [0, 0.1) is 0 Å². The van der Waals surface area contributed by atoms with E-state index >= 15 is 0 Å². The van der Waals surface area contributed by atoms with Gasteiger partial charge >= 0.3 is 8.32 Å². The molecule has 0 amide bonds. The second kappa shape index (κ2) is 3.72. The summed E-state index contributed by atoms with van der Waals surface area (Å²) in [6, 6.07) is 0. The lowest BCUT2D eigenvalue weighted by Gasteiger charge is -2.30. The molecule has 0 aromatic heterocycles. The molecule has 0 aliphatic rings. The maximum Gasteiger partial charge on any atom is 0.331 e. The molecule has 0 fully saturated rings. The van der Waals surface area contributed by atoms with Gasteiger partial charge < -0.3 is 14.0 Å².